The van der Waals surface area contributed by atoms with Crippen LogP contribution < -0.4 is 0 Å². The maximum atomic E-state index is 11.9. The molecule has 0 aromatic carbocycles. The maximum Gasteiger partial charge on any atom is 0.333 e. The van der Waals surface area contributed by atoms with Gasteiger partial charge < -0.3 is 9.64 Å². The van der Waals surface area contributed by atoms with E-state index in [2.05, 4.69) is 0 Å². The van der Waals surface area contributed by atoms with Gasteiger partial charge in [-0.15, -0.1) is 0 Å². The molecule has 0 aromatic heterocycles. The van der Waals surface area contributed by atoms with Gasteiger partial charge in [-0.2, -0.15) is 11.8 Å². The van der Waals surface area contributed by atoms with Crippen molar-refractivity contribution in [2.75, 3.05) is 24.7 Å². The summed E-state index contributed by atoms with van der Waals surface area (Å²) in [5, 5.41) is 1.49. The molecule has 2 fully saturated rings. The Morgan fingerprint density at radius 1 is 1.43 bits per heavy atom. The van der Waals surface area contributed by atoms with Crippen LogP contribution in [0.25, 0.3) is 0 Å². The number of carbonyl (C=O) groups is 2. The van der Waals surface area contributed by atoms with Crippen LogP contribution in [0.3, 0.4) is 0 Å². The molecule has 0 spiro atoms. The number of esters is 1. The standard InChI is InChI=1S/C15H23NO3S2/c1-2-19-15(18)10-14-16(13(17)11-21-14)8-9-20-12-6-4-3-5-7-12/h10,12H,2-9,11H2,1H3/b14-10-. The fourth-order valence-corrected chi connectivity index (χ4v) is 4.84. The molecule has 0 aromatic rings. The molecule has 1 saturated carbocycles. The summed E-state index contributed by atoms with van der Waals surface area (Å²) in [4.78, 5) is 25.2. The van der Waals surface area contributed by atoms with Crippen molar-refractivity contribution in [3.63, 3.8) is 0 Å². The monoisotopic (exact) mass is 329 g/mol. The molecule has 4 nitrogen and oxygen atoms in total. The second-order valence-corrected chi connectivity index (χ2v) is 7.60. The molecule has 0 unspecified atom stereocenters. The van der Waals surface area contributed by atoms with E-state index in [1.54, 1.807) is 11.8 Å². The Hall–Kier alpha value is -0.620. The predicted octanol–water partition coefficient (Wildman–Crippen LogP) is 3.03. The van der Waals surface area contributed by atoms with Gasteiger partial charge in [-0.05, 0) is 19.8 Å². The summed E-state index contributed by atoms with van der Waals surface area (Å²) in [6.07, 6.45) is 8.10. The van der Waals surface area contributed by atoms with E-state index in [0.717, 1.165) is 16.0 Å². The number of thioether (sulfide) groups is 2. The Morgan fingerprint density at radius 2 is 2.19 bits per heavy atom. The van der Waals surface area contributed by atoms with Crippen LogP contribution in [-0.2, 0) is 14.3 Å². The van der Waals surface area contributed by atoms with Crippen molar-refractivity contribution in [3.05, 3.63) is 11.1 Å². The molecule has 1 heterocycles. The van der Waals surface area contributed by atoms with Crippen molar-refractivity contribution in [2.45, 2.75) is 44.3 Å². The lowest BCUT2D eigenvalue weighted by Gasteiger charge is -2.23. The van der Waals surface area contributed by atoms with Crippen molar-refractivity contribution in [1.82, 2.24) is 4.90 Å². The Balaban J connectivity index is 1.81. The van der Waals surface area contributed by atoms with Gasteiger partial charge in [0.1, 0.15) is 0 Å². The van der Waals surface area contributed by atoms with Gasteiger partial charge in [0.2, 0.25) is 5.91 Å². The SMILES string of the molecule is CCOC(=O)/C=C1\SCC(=O)N1CCSC1CCCCC1. The smallest absolute Gasteiger partial charge is 0.333 e. The third kappa shape index (κ3) is 5.25. The van der Waals surface area contributed by atoms with Gasteiger partial charge in [-0.1, -0.05) is 31.0 Å². The number of amides is 1. The van der Waals surface area contributed by atoms with Crippen molar-refractivity contribution in [3.8, 4) is 0 Å². The van der Waals surface area contributed by atoms with Crippen LogP contribution in [0, 0.1) is 0 Å². The molecule has 0 N–H and O–H groups in total. The summed E-state index contributed by atoms with van der Waals surface area (Å²) in [6.45, 7) is 2.83. The van der Waals surface area contributed by atoms with Gasteiger partial charge in [0.15, 0.2) is 0 Å². The molecule has 2 aliphatic rings. The van der Waals surface area contributed by atoms with Crippen molar-refractivity contribution >= 4 is 35.4 Å². The number of hydrogen-bond donors (Lipinski definition) is 0. The van der Waals surface area contributed by atoms with Crippen LogP contribution >= 0.6 is 23.5 Å². The topological polar surface area (TPSA) is 46.6 Å². The molecule has 0 radical (unpaired) electrons. The molecular weight excluding hydrogens is 306 g/mol. The average Bonchev–Trinajstić information content (AvgIpc) is 2.81. The van der Waals surface area contributed by atoms with Gasteiger partial charge in [0.05, 0.1) is 23.5 Å². The molecule has 1 saturated heterocycles. The molecule has 1 aliphatic heterocycles. The molecule has 2 rings (SSSR count). The van der Waals surface area contributed by atoms with E-state index < -0.39 is 0 Å². The number of hydrogen-bond acceptors (Lipinski definition) is 5. The lowest BCUT2D eigenvalue weighted by molar-refractivity contribution is -0.137. The number of carbonyl (C=O) groups excluding carboxylic acids is 2. The molecule has 21 heavy (non-hydrogen) atoms. The Bertz CT molecular complexity index is 406. The van der Waals surface area contributed by atoms with Crippen LogP contribution in [0.4, 0.5) is 0 Å². The first-order valence-corrected chi connectivity index (χ1v) is 9.67. The normalized spacial score (nSPS) is 22.0. The lowest BCUT2D eigenvalue weighted by atomic mass is 10.0. The highest BCUT2D eigenvalue weighted by Gasteiger charge is 2.27. The summed E-state index contributed by atoms with van der Waals surface area (Å²) in [6, 6.07) is 0. The highest BCUT2D eigenvalue weighted by atomic mass is 32.2. The Morgan fingerprint density at radius 3 is 2.90 bits per heavy atom. The van der Waals surface area contributed by atoms with E-state index >= 15 is 0 Å². The minimum atomic E-state index is -0.361. The first-order valence-electron chi connectivity index (χ1n) is 7.64. The van der Waals surface area contributed by atoms with Crippen LogP contribution in [0.15, 0.2) is 11.1 Å². The largest absolute Gasteiger partial charge is 0.463 e. The van der Waals surface area contributed by atoms with Crippen molar-refractivity contribution < 1.29 is 14.3 Å². The van der Waals surface area contributed by atoms with Gasteiger partial charge in [0.25, 0.3) is 0 Å². The Kier molecular flexibility index (Phi) is 6.96. The van der Waals surface area contributed by atoms with Crippen LogP contribution in [-0.4, -0.2) is 46.7 Å². The second-order valence-electron chi connectivity index (χ2n) is 5.20. The molecule has 6 heteroatoms. The van der Waals surface area contributed by atoms with Gasteiger partial charge in [-0.25, -0.2) is 4.79 Å². The quantitative estimate of drug-likeness (QED) is 0.554. The van der Waals surface area contributed by atoms with E-state index in [9.17, 15) is 9.59 Å². The van der Waals surface area contributed by atoms with Crippen LogP contribution in [0.1, 0.15) is 39.0 Å². The van der Waals surface area contributed by atoms with Gasteiger partial charge in [-0.3, -0.25) is 4.79 Å². The van der Waals surface area contributed by atoms with E-state index in [-0.39, 0.29) is 11.9 Å². The third-order valence-electron chi connectivity index (χ3n) is 3.66. The maximum absolute atomic E-state index is 11.9. The number of rotatable bonds is 6. The fourth-order valence-electron chi connectivity index (χ4n) is 2.60. The van der Waals surface area contributed by atoms with Crippen molar-refractivity contribution in [1.29, 1.82) is 0 Å². The third-order valence-corrected chi connectivity index (χ3v) is 6.05. The number of nitrogens with zero attached hydrogens (tertiary/aromatic N) is 1. The minimum Gasteiger partial charge on any atom is -0.463 e. The first-order chi connectivity index (χ1) is 10.2. The highest BCUT2D eigenvalue weighted by molar-refractivity contribution is 8.04. The van der Waals surface area contributed by atoms with Crippen LogP contribution in [0.5, 0.6) is 0 Å². The number of ether oxygens (including phenoxy) is 1. The summed E-state index contributed by atoms with van der Waals surface area (Å²) in [7, 11) is 0. The van der Waals surface area contributed by atoms with Gasteiger partial charge >= 0.3 is 5.97 Å². The van der Waals surface area contributed by atoms with E-state index in [1.165, 1.54) is 49.9 Å². The fraction of sp³-hybridized carbons (Fsp3) is 0.733. The van der Waals surface area contributed by atoms with E-state index in [0.29, 0.717) is 18.9 Å². The molecule has 0 bridgehead atoms. The average molecular weight is 329 g/mol. The zero-order valence-electron chi connectivity index (χ0n) is 12.5. The summed E-state index contributed by atoms with van der Waals surface area (Å²) in [5.74, 6) is 1.11. The minimum absolute atomic E-state index is 0.0970. The lowest BCUT2D eigenvalue weighted by Crippen LogP contribution is -2.28. The van der Waals surface area contributed by atoms with Gasteiger partial charge in [0, 0.05) is 17.5 Å². The molecule has 1 aliphatic carbocycles. The molecular formula is C15H23NO3S2. The van der Waals surface area contributed by atoms with Crippen LogP contribution in [0.2, 0.25) is 0 Å². The summed E-state index contributed by atoms with van der Waals surface area (Å²) >= 11 is 3.40. The second kappa shape index (κ2) is 8.73. The zero-order valence-corrected chi connectivity index (χ0v) is 14.1. The Labute approximate surface area is 135 Å². The summed E-state index contributed by atoms with van der Waals surface area (Å²) in [5.41, 5.74) is 0. The molecule has 0 atom stereocenters. The molecule has 1 amide bonds. The first kappa shape index (κ1) is 16.7. The predicted molar refractivity (Wildman–Crippen MR) is 88.2 cm³/mol. The van der Waals surface area contributed by atoms with Crippen molar-refractivity contribution in [2.24, 2.45) is 0 Å². The molecule has 118 valence electrons. The highest BCUT2D eigenvalue weighted by Crippen LogP contribution is 2.31. The summed E-state index contributed by atoms with van der Waals surface area (Å²) < 4.78 is 4.92. The zero-order chi connectivity index (χ0) is 15.1. The van der Waals surface area contributed by atoms with E-state index in [1.807, 2.05) is 11.8 Å². The van der Waals surface area contributed by atoms with E-state index in [4.69, 9.17) is 4.74 Å².